The summed E-state index contributed by atoms with van der Waals surface area (Å²) < 4.78 is 0. The standard InChI is InChI=1S/C26H26N4O4/c31-23(19-7-3-1-4-8-19)27-15-17-29-25(33)21-11-13-22(14-12-21)26(34)30-18-16-28-24(32)20-9-5-2-6-10-20/h1-14H,15-18H2,(H,27,31)(H,28,32)(H,29,33)(H,30,34). The molecule has 0 bridgehead atoms. The molecule has 0 aromatic heterocycles. The zero-order valence-corrected chi connectivity index (χ0v) is 18.5. The molecular formula is C26H26N4O4. The van der Waals surface area contributed by atoms with Crippen LogP contribution in [0.1, 0.15) is 41.4 Å². The minimum atomic E-state index is -0.301. The topological polar surface area (TPSA) is 116 Å². The highest BCUT2D eigenvalue weighted by Crippen LogP contribution is 2.05. The summed E-state index contributed by atoms with van der Waals surface area (Å²) in [5.74, 6) is -1.01. The number of carbonyl (C=O) groups is 4. The first-order chi connectivity index (χ1) is 16.5. The fourth-order valence-corrected chi connectivity index (χ4v) is 3.06. The summed E-state index contributed by atoms with van der Waals surface area (Å²) in [6.45, 7) is 1.13. The molecule has 0 aliphatic rings. The van der Waals surface area contributed by atoms with E-state index in [1.54, 1.807) is 72.8 Å². The minimum Gasteiger partial charge on any atom is -0.350 e. The molecule has 0 heterocycles. The van der Waals surface area contributed by atoms with E-state index in [-0.39, 0.29) is 36.7 Å². The number of hydrogen-bond acceptors (Lipinski definition) is 4. The molecule has 8 heteroatoms. The molecule has 34 heavy (non-hydrogen) atoms. The molecule has 0 spiro atoms. The number of amides is 4. The monoisotopic (exact) mass is 458 g/mol. The molecule has 3 aromatic carbocycles. The van der Waals surface area contributed by atoms with Gasteiger partial charge in [-0.25, -0.2) is 0 Å². The second-order valence-electron chi connectivity index (χ2n) is 7.33. The zero-order valence-electron chi connectivity index (χ0n) is 18.5. The van der Waals surface area contributed by atoms with Crippen molar-refractivity contribution in [3.05, 3.63) is 107 Å². The molecule has 0 radical (unpaired) electrons. The maximum atomic E-state index is 12.3. The molecule has 0 atom stereocenters. The lowest BCUT2D eigenvalue weighted by molar-refractivity contribution is 0.0925. The fraction of sp³-hybridized carbons (Fsp3) is 0.154. The zero-order chi connectivity index (χ0) is 24.2. The highest BCUT2D eigenvalue weighted by molar-refractivity contribution is 5.98. The lowest BCUT2D eigenvalue weighted by atomic mass is 10.1. The Morgan fingerprint density at radius 3 is 0.882 bits per heavy atom. The van der Waals surface area contributed by atoms with Gasteiger partial charge in [0, 0.05) is 48.4 Å². The van der Waals surface area contributed by atoms with E-state index in [2.05, 4.69) is 21.3 Å². The van der Waals surface area contributed by atoms with Gasteiger partial charge in [0.1, 0.15) is 0 Å². The Kier molecular flexibility index (Phi) is 8.92. The third kappa shape index (κ3) is 7.30. The van der Waals surface area contributed by atoms with Crippen molar-refractivity contribution in [1.82, 2.24) is 21.3 Å². The maximum Gasteiger partial charge on any atom is 0.251 e. The third-order valence-corrected chi connectivity index (χ3v) is 4.87. The average molecular weight is 459 g/mol. The van der Waals surface area contributed by atoms with E-state index < -0.39 is 0 Å². The summed E-state index contributed by atoms with van der Waals surface area (Å²) in [4.78, 5) is 48.5. The summed E-state index contributed by atoms with van der Waals surface area (Å²) >= 11 is 0. The smallest absolute Gasteiger partial charge is 0.251 e. The third-order valence-electron chi connectivity index (χ3n) is 4.87. The minimum absolute atomic E-state index is 0.204. The molecule has 0 unspecified atom stereocenters. The van der Waals surface area contributed by atoms with E-state index in [1.807, 2.05) is 12.1 Å². The number of nitrogens with one attached hydrogen (secondary N) is 4. The Bertz CT molecular complexity index is 1030. The van der Waals surface area contributed by atoms with Crippen LogP contribution in [0.2, 0.25) is 0 Å². The molecule has 8 nitrogen and oxygen atoms in total. The van der Waals surface area contributed by atoms with E-state index in [9.17, 15) is 19.2 Å². The van der Waals surface area contributed by atoms with Crippen LogP contribution in [0.5, 0.6) is 0 Å². The van der Waals surface area contributed by atoms with E-state index >= 15 is 0 Å². The van der Waals surface area contributed by atoms with Gasteiger partial charge in [-0.2, -0.15) is 0 Å². The first kappa shape index (κ1) is 24.2. The first-order valence-electron chi connectivity index (χ1n) is 10.9. The highest BCUT2D eigenvalue weighted by Gasteiger charge is 2.10. The quantitative estimate of drug-likeness (QED) is 0.348. The van der Waals surface area contributed by atoms with Gasteiger partial charge in [0.05, 0.1) is 0 Å². The van der Waals surface area contributed by atoms with Crippen LogP contribution < -0.4 is 21.3 Å². The van der Waals surface area contributed by atoms with Crippen molar-refractivity contribution >= 4 is 23.6 Å². The Morgan fingerprint density at radius 2 is 0.618 bits per heavy atom. The van der Waals surface area contributed by atoms with Crippen LogP contribution in [0.4, 0.5) is 0 Å². The Morgan fingerprint density at radius 1 is 0.382 bits per heavy atom. The van der Waals surface area contributed by atoms with E-state index in [1.165, 1.54) is 0 Å². The SMILES string of the molecule is O=C(NCCNC(=O)c1ccc(C(=O)NCCNC(=O)c2ccccc2)cc1)c1ccccc1. The summed E-state index contributed by atoms with van der Waals surface area (Å²) in [5.41, 5.74) is 1.92. The predicted molar refractivity (Wildman–Crippen MR) is 129 cm³/mol. The van der Waals surface area contributed by atoms with Crippen LogP contribution in [0.15, 0.2) is 84.9 Å². The van der Waals surface area contributed by atoms with Crippen molar-refractivity contribution in [2.45, 2.75) is 0 Å². The van der Waals surface area contributed by atoms with E-state index in [0.29, 0.717) is 35.3 Å². The van der Waals surface area contributed by atoms with Crippen molar-refractivity contribution in [2.24, 2.45) is 0 Å². The number of hydrogen-bond donors (Lipinski definition) is 4. The molecule has 0 aliphatic carbocycles. The van der Waals surface area contributed by atoms with Crippen molar-refractivity contribution in [3.63, 3.8) is 0 Å². The van der Waals surface area contributed by atoms with Gasteiger partial charge in [-0.3, -0.25) is 19.2 Å². The Balaban J connectivity index is 1.35. The van der Waals surface area contributed by atoms with E-state index in [0.717, 1.165) is 0 Å². The second-order valence-corrected chi connectivity index (χ2v) is 7.33. The van der Waals surface area contributed by atoms with Gasteiger partial charge in [0.15, 0.2) is 0 Å². The van der Waals surface area contributed by atoms with Crippen LogP contribution in [0, 0.1) is 0 Å². The van der Waals surface area contributed by atoms with Crippen molar-refractivity contribution < 1.29 is 19.2 Å². The average Bonchev–Trinajstić information content (AvgIpc) is 2.89. The normalized spacial score (nSPS) is 10.1. The lowest BCUT2D eigenvalue weighted by Crippen LogP contribution is -2.35. The summed E-state index contributed by atoms with van der Waals surface area (Å²) in [6.07, 6.45) is 0. The molecule has 4 N–H and O–H groups in total. The molecule has 3 aromatic rings. The summed E-state index contributed by atoms with van der Waals surface area (Å²) in [5, 5.41) is 10.9. The molecule has 0 fully saturated rings. The Hall–Kier alpha value is -4.46. The van der Waals surface area contributed by atoms with Crippen molar-refractivity contribution in [1.29, 1.82) is 0 Å². The lowest BCUT2D eigenvalue weighted by Gasteiger charge is -2.09. The van der Waals surface area contributed by atoms with Crippen molar-refractivity contribution in [3.8, 4) is 0 Å². The van der Waals surface area contributed by atoms with Gasteiger partial charge in [-0.05, 0) is 48.5 Å². The predicted octanol–water partition coefficient (Wildman–Crippen LogP) is 2.01. The summed E-state index contributed by atoms with van der Waals surface area (Å²) in [6, 6.07) is 23.9. The van der Waals surface area contributed by atoms with Crippen LogP contribution >= 0.6 is 0 Å². The van der Waals surface area contributed by atoms with Gasteiger partial charge < -0.3 is 21.3 Å². The second kappa shape index (κ2) is 12.5. The number of carbonyl (C=O) groups excluding carboxylic acids is 4. The molecule has 4 amide bonds. The fourth-order valence-electron chi connectivity index (χ4n) is 3.06. The number of benzene rings is 3. The molecule has 0 saturated heterocycles. The summed E-state index contributed by atoms with van der Waals surface area (Å²) in [7, 11) is 0. The number of rotatable bonds is 10. The molecular weight excluding hydrogens is 432 g/mol. The highest BCUT2D eigenvalue weighted by atomic mass is 16.2. The van der Waals surface area contributed by atoms with Gasteiger partial charge >= 0.3 is 0 Å². The van der Waals surface area contributed by atoms with Gasteiger partial charge in [-0.1, -0.05) is 36.4 Å². The maximum absolute atomic E-state index is 12.3. The van der Waals surface area contributed by atoms with Crippen LogP contribution in [0.25, 0.3) is 0 Å². The van der Waals surface area contributed by atoms with Gasteiger partial charge in [-0.15, -0.1) is 0 Å². The first-order valence-corrected chi connectivity index (χ1v) is 10.9. The van der Waals surface area contributed by atoms with Crippen molar-refractivity contribution in [2.75, 3.05) is 26.2 Å². The molecule has 3 rings (SSSR count). The van der Waals surface area contributed by atoms with Crippen LogP contribution in [-0.4, -0.2) is 49.8 Å². The van der Waals surface area contributed by atoms with Gasteiger partial charge in [0.25, 0.3) is 23.6 Å². The largest absolute Gasteiger partial charge is 0.350 e. The molecule has 174 valence electrons. The Labute approximate surface area is 197 Å². The molecule has 0 saturated carbocycles. The van der Waals surface area contributed by atoms with Crippen LogP contribution in [0.3, 0.4) is 0 Å². The van der Waals surface area contributed by atoms with E-state index in [4.69, 9.17) is 0 Å². The van der Waals surface area contributed by atoms with Gasteiger partial charge in [0.2, 0.25) is 0 Å². The van der Waals surface area contributed by atoms with Crippen LogP contribution in [-0.2, 0) is 0 Å². The molecule has 0 aliphatic heterocycles.